The van der Waals surface area contributed by atoms with Crippen LogP contribution in [0.25, 0.3) is 10.9 Å². The number of carboxylic acid groups (broad SMARTS) is 1. The summed E-state index contributed by atoms with van der Waals surface area (Å²) < 4.78 is 16.8. The van der Waals surface area contributed by atoms with E-state index in [1.54, 1.807) is 0 Å². The minimum Gasteiger partial charge on any atom is -0.477 e. The summed E-state index contributed by atoms with van der Waals surface area (Å²) >= 11 is 0. The minimum absolute atomic E-state index is 0. The van der Waals surface area contributed by atoms with E-state index in [1.807, 2.05) is 16.4 Å². The summed E-state index contributed by atoms with van der Waals surface area (Å²) in [5.74, 6) is -1.76. The number of aryl methyl sites for hydroxylation is 1. The number of nitrogens with two attached hydrogens (primary N) is 1. The lowest BCUT2D eigenvalue weighted by atomic mass is 9.93. The van der Waals surface area contributed by atoms with E-state index in [0.29, 0.717) is 30.7 Å². The Balaban J connectivity index is 0.00000196. The third kappa shape index (κ3) is 2.66. The van der Waals surface area contributed by atoms with Gasteiger partial charge in [-0.25, -0.2) is 9.18 Å². The van der Waals surface area contributed by atoms with Crippen molar-refractivity contribution in [3.8, 4) is 0 Å². The van der Waals surface area contributed by atoms with Gasteiger partial charge in [0.05, 0.1) is 11.2 Å². The van der Waals surface area contributed by atoms with Gasteiger partial charge in [0.15, 0.2) is 0 Å². The van der Waals surface area contributed by atoms with Crippen LogP contribution in [0.4, 0.5) is 10.1 Å². The Morgan fingerprint density at radius 2 is 2.12 bits per heavy atom. The molecule has 0 saturated carbocycles. The number of hydrogen-bond acceptors (Lipinski definition) is 4. The third-order valence-corrected chi connectivity index (χ3v) is 5.40. The quantitative estimate of drug-likeness (QED) is 0.833. The summed E-state index contributed by atoms with van der Waals surface area (Å²) in [6, 6.07) is 1.26. The summed E-state index contributed by atoms with van der Waals surface area (Å²) in [7, 11) is 0. The lowest BCUT2D eigenvalue weighted by Gasteiger charge is -2.31. The molecule has 0 bridgehead atoms. The van der Waals surface area contributed by atoms with E-state index in [9.17, 15) is 19.1 Å². The molecule has 1 fully saturated rings. The molecule has 0 aliphatic carbocycles. The van der Waals surface area contributed by atoms with Crippen molar-refractivity contribution in [1.82, 2.24) is 4.57 Å². The SMILES string of the molecule is CC1CCc2c(N3CCC(N)C3)c(F)cc3c(=O)c(C(=O)O)cn1c23.Cl. The number of halogens is 2. The Morgan fingerprint density at radius 3 is 2.73 bits per heavy atom. The first kappa shape index (κ1) is 18.7. The molecule has 26 heavy (non-hydrogen) atoms. The van der Waals surface area contributed by atoms with Gasteiger partial charge in [0.1, 0.15) is 11.4 Å². The second-order valence-electron chi connectivity index (χ2n) is 7.05. The number of aromatic carboxylic acids is 1. The van der Waals surface area contributed by atoms with Gasteiger partial charge in [-0.1, -0.05) is 0 Å². The first-order chi connectivity index (χ1) is 11.9. The van der Waals surface area contributed by atoms with Crippen molar-refractivity contribution in [3.05, 3.63) is 39.4 Å². The summed E-state index contributed by atoms with van der Waals surface area (Å²) in [5.41, 5.74) is 6.99. The van der Waals surface area contributed by atoms with Gasteiger partial charge >= 0.3 is 5.97 Å². The second kappa shape index (κ2) is 6.55. The van der Waals surface area contributed by atoms with Gasteiger partial charge in [0.2, 0.25) is 5.43 Å². The predicted octanol–water partition coefficient (Wildman–Crippen LogP) is 2.31. The van der Waals surface area contributed by atoms with E-state index in [4.69, 9.17) is 5.73 Å². The number of aromatic nitrogens is 1. The Bertz CT molecular complexity index is 959. The van der Waals surface area contributed by atoms with Crippen LogP contribution in [0.2, 0.25) is 0 Å². The molecule has 0 amide bonds. The molecular formula is C18H21ClFN3O3. The van der Waals surface area contributed by atoms with Gasteiger partial charge in [-0.2, -0.15) is 0 Å². The number of rotatable bonds is 2. The zero-order chi connectivity index (χ0) is 17.9. The molecule has 2 atom stereocenters. The maximum atomic E-state index is 14.9. The van der Waals surface area contributed by atoms with Crippen LogP contribution in [0.1, 0.15) is 41.7 Å². The summed E-state index contributed by atoms with van der Waals surface area (Å²) in [6.45, 7) is 3.25. The van der Waals surface area contributed by atoms with Crippen molar-refractivity contribution in [2.24, 2.45) is 5.73 Å². The third-order valence-electron chi connectivity index (χ3n) is 5.40. The standard InChI is InChI=1S/C18H20FN3O3.ClH/c1-9-2-3-11-15-12(17(23)13(18(24)25)8-22(9)15)6-14(19)16(11)21-5-4-10(20)7-21;/h6,8-10H,2-5,7,20H2,1H3,(H,24,25);1H. The van der Waals surface area contributed by atoms with Gasteiger partial charge in [-0.15, -0.1) is 12.4 Å². The summed E-state index contributed by atoms with van der Waals surface area (Å²) in [5, 5.41) is 9.46. The Hall–Kier alpha value is -2.12. The maximum absolute atomic E-state index is 14.9. The van der Waals surface area contributed by atoms with E-state index in [-0.39, 0.29) is 35.4 Å². The molecule has 1 saturated heterocycles. The smallest absolute Gasteiger partial charge is 0.341 e. The van der Waals surface area contributed by atoms with Crippen molar-refractivity contribution >= 4 is 35.0 Å². The number of hydrogen-bond donors (Lipinski definition) is 2. The molecule has 3 N–H and O–H groups in total. The number of carboxylic acids is 1. The lowest BCUT2D eigenvalue weighted by molar-refractivity contribution is 0.0694. The molecule has 6 nitrogen and oxygen atoms in total. The Kier molecular flexibility index (Phi) is 4.71. The molecule has 3 heterocycles. The number of pyridine rings is 1. The lowest BCUT2D eigenvalue weighted by Crippen LogP contribution is -2.30. The normalized spacial score (nSPS) is 21.7. The van der Waals surface area contributed by atoms with Crippen LogP contribution in [0.5, 0.6) is 0 Å². The van der Waals surface area contributed by atoms with Gasteiger partial charge in [0.25, 0.3) is 0 Å². The molecule has 2 aliphatic rings. The molecule has 4 rings (SSSR count). The summed E-state index contributed by atoms with van der Waals surface area (Å²) in [4.78, 5) is 25.9. The maximum Gasteiger partial charge on any atom is 0.341 e. The fourth-order valence-electron chi connectivity index (χ4n) is 4.12. The molecule has 2 aliphatic heterocycles. The van der Waals surface area contributed by atoms with Gasteiger partial charge in [-0.05, 0) is 32.3 Å². The number of benzene rings is 1. The molecule has 1 aromatic heterocycles. The molecule has 140 valence electrons. The van der Waals surface area contributed by atoms with Crippen molar-refractivity contribution in [2.75, 3.05) is 18.0 Å². The number of nitrogens with zero attached hydrogens (tertiary/aromatic N) is 2. The summed E-state index contributed by atoms with van der Waals surface area (Å²) in [6.07, 6.45) is 3.62. The van der Waals surface area contributed by atoms with Gasteiger partial charge in [0, 0.05) is 42.3 Å². The van der Waals surface area contributed by atoms with E-state index in [0.717, 1.165) is 18.4 Å². The largest absolute Gasteiger partial charge is 0.477 e. The van der Waals surface area contributed by atoms with E-state index in [1.165, 1.54) is 12.3 Å². The topological polar surface area (TPSA) is 88.6 Å². The Morgan fingerprint density at radius 1 is 1.38 bits per heavy atom. The average Bonchev–Trinajstić information content (AvgIpc) is 2.98. The molecule has 8 heteroatoms. The van der Waals surface area contributed by atoms with Crippen molar-refractivity contribution < 1.29 is 14.3 Å². The van der Waals surface area contributed by atoms with Crippen LogP contribution in [-0.4, -0.2) is 34.8 Å². The zero-order valence-corrected chi connectivity index (χ0v) is 15.2. The molecule has 2 aromatic rings. The van der Waals surface area contributed by atoms with E-state index < -0.39 is 17.2 Å². The number of anilines is 1. The highest BCUT2D eigenvalue weighted by Gasteiger charge is 2.30. The van der Waals surface area contributed by atoms with Crippen LogP contribution >= 0.6 is 12.4 Å². The van der Waals surface area contributed by atoms with E-state index in [2.05, 4.69) is 0 Å². The minimum atomic E-state index is -1.29. The highest BCUT2D eigenvalue weighted by atomic mass is 35.5. The highest BCUT2D eigenvalue weighted by molar-refractivity contribution is 5.95. The van der Waals surface area contributed by atoms with Crippen molar-refractivity contribution in [1.29, 1.82) is 0 Å². The molecule has 0 radical (unpaired) electrons. The van der Waals surface area contributed by atoms with E-state index >= 15 is 0 Å². The zero-order valence-electron chi connectivity index (χ0n) is 14.4. The first-order valence-electron chi connectivity index (χ1n) is 8.52. The van der Waals surface area contributed by atoms with Crippen LogP contribution in [0, 0.1) is 5.82 Å². The Labute approximate surface area is 155 Å². The second-order valence-corrected chi connectivity index (χ2v) is 7.05. The molecular weight excluding hydrogens is 361 g/mol. The van der Waals surface area contributed by atoms with Crippen LogP contribution in [0.15, 0.2) is 17.1 Å². The van der Waals surface area contributed by atoms with Crippen LogP contribution in [0.3, 0.4) is 0 Å². The average molecular weight is 382 g/mol. The van der Waals surface area contributed by atoms with Crippen LogP contribution in [-0.2, 0) is 6.42 Å². The fourth-order valence-corrected chi connectivity index (χ4v) is 4.12. The predicted molar refractivity (Wildman–Crippen MR) is 100 cm³/mol. The molecule has 2 unspecified atom stereocenters. The van der Waals surface area contributed by atoms with Crippen molar-refractivity contribution in [2.45, 2.75) is 38.3 Å². The molecule has 0 spiro atoms. The number of carbonyl (C=O) groups is 1. The fraction of sp³-hybridized carbons (Fsp3) is 0.444. The highest BCUT2D eigenvalue weighted by Crippen LogP contribution is 2.38. The van der Waals surface area contributed by atoms with Gasteiger partial charge in [-0.3, -0.25) is 4.79 Å². The first-order valence-corrected chi connectivity index (χ1v) is 8.52. The molecule has 1 aromatic carbocycles. The van der Waals surface area contributed by atoms with Gasteiger partial charge < -0.3 is 20.3 Å². The van der Waals surface area contributed by atoms with Crippen molar-refractivity contribution in [3.63, 3.8) is 0 Å². The van der Waals surface area contributed by atoms with Crippen LogP contribution < -0.4 is 16.1 Å². The monoisotopic (exact) mass is 381 g/mol.